The Morgan fingerprint density at radius 1 is 1.25 bits per heavy atom. The van der Waals surface area contributed by atoms with Gasteiger partial charge >= 0.3 is 0 Å². The molecule has 16 heavy (non-hydrogen) atoms. The Balaban J connectivity index is 2.08. The first kappa shape index (κ1) is 13.7. The second-order valence-corrected chi connectivity index (χ2v) is 5.40. The number of thiophene rings is 1. The molecule has 1 rings (SSSR count). The van der Waals surface area contributed by atoms with Crippen LogP contribution in [0, 0.1) is 0 Å². The molecule has 0 saturated heterocycles. The van der Waals surface area contributed by atoms with E-state index in [1.54, 1.807) is 0 Å². The van der Waals surface area contributed by atoms with Crippen LogP contribution in [0.3, 0.4) is 0 Å². The fraction of sp³-hybridized carbons (Fsp3) is 0.714. The second kappa shape index (κ2) is 8.77. The summed E-state index contributed by atoms with van der Waals surface area (Å²) in [5, 5.41) is 5.75. The summed E-state index contributed by atoms with van der Waals surface area (Å²) in [5.74, 6) is 0. The van der Waals surface area contributed by atoms with E-state index in [9.17, 15) is 0 Å². The summed E-state index contributed by atoms with van der Waals surface area (Å²) in [5.41, 5.74) is 0. The first-order valence-corrected chi connectivity index (χ1v) is 7.50. The molecule has 0 aliphatic rings. The summed E-state index contributed by atoms with van der Waals surface area (Å²) in [7, 11) is 0. The van der Waals surface area contributed by atoms with Gasteiger partial charge in [-0.15, -0.1) is 11.3 Å². The van der Waals surface area contributed by atoms with Gasteiger partial charge in [-0.1, -0.05) is 32.8 Å². The highest BCUT2D eigenvalue weighted by Crippen LogP contribution is 2.14. The Morgan fingerprint density at radius 2 is 2.12 bits per heavy atom. The first-order chi connectivity index (χ1) is 7.86. The molecule has 0 saturated carbocycles. The van der Waals surface area contributed by atoms with Crippen molar-refractivity contribution in [2.45, 2.75) is 58.4 Å². The van der Waals surface area contributed by atoms with Gasteiger partial charge in [0, 0.05) is 10.9 Å². The van der Waals surface area contributed by atoms with Crippen LogP contribution in [0.2, 0.25) is 0 Å². The van der Waals surface area contributed by atoms with Crippen LogP contribution >= 0.6 is 11.3 Å². The van der Waals surface area contributed by atoms with E-state index in [2.05, 4.69) is 36.7 Å². The zero-order valence-corrected chi connectivity index (χ0v) is 11.5. The van der Waals surface area contributed by atoms with Crippen LogP contribution in [-0.2, 0) is 6.42 Å². The lowest BCUT2D eigenvalue weighted by Gasteiger charge is -2.16. The van der Waals surface area contributed by atoms with Crippen LogP contribution < -0.4 is 5.32 Å². The molecule has 1 atom stereocenters. The molecule has 0 aromatic carbocycles. The van der Waals surface area contributed by atoms with Crippen molar-refractivity contribution >= 4 is 11.3 Å². The lowest BCUT2D eigenvalue weighted by Crippen LogP contribution is -2.28. The minimum Gasteiger partial charge on any atom is -0.314 e. The van der Waals surface area contributed by atoms with E-state index >= 15 is 0 Å². The van der Waals surface area contributed by atoms with Gasteiger partial charge in [-0.05, 0) is 43.7 Å². The maximum absolute atomic E-state index is 3.58. The minimum absolute atomic E-state index is 0.748. The van der Waals surface area contributed by atoms with Crippen molar-refractivity contribution in [2.24, 2.45) is 0 Å². The Morgan fingerprint density at radius 3 is 2.75 bits per heavy atom. The van der Waals surface area contributed by atoms with Crippen molar-refractivity contribution in [1.82, 2.24) is 5.32 Å². The molecule has 1 nitrogen and oxygen atoms in total. The van der Waals surface area contributed by atoms with Crippen molar-refractivity contribution in [2.75, 3.05) is 6.54 Å². The molecule has 92 valence electrons. The largest absolute Gasteiger partial charge is 0.314 e. The highest BCUT2D eigenvalue weighted by molar-refractivity contribution is 7.09. The van der Waals surface area contributed by atoms with Crippen LogP contribution in [0.5, 0.6) is 0 Å². The predicted octanol–water partition coefficient (Wildman–Crippen LogP) is 4.24. The minimum atomic E-state index is 0.748. The van der Waals surface area contributed by atoms with E-state index in [-0.39, 0.29) is 0 Å². The van der Waals surface area contributed by atoms with Crippen molar-refractivity contribution in [1.29, 1.82) is 0 Å². The topological polar surface area (TPSA) is 12.0 Å². The molecular formula is C14H25NS. The molecule has 1 N–H and O–H groups in total. The highest BCUT2D eigenvalue weighted by atomic mass is 32.1. The molecule has 0 aliphatic carbocycles. The molecule has 1 aromatic heterocycles. The number of hydrogen-bond donors (Lipinski definition) is 1. The average Bonchev–Trinajstić information content (AvgIpc) is 2.78. The molecule has 0 radical (unpaired) electrons. The predicted molar refractivity (Wildman–Crippen MR) is 74.2 cm³/mol. The summed E-state index contributed by atoms with van der Waals surface area (Å²) < 4.78 is 0. The van der Waals surface area contributed by atoms with Crippen LogP contribution in [-0.4, -0.2) is 12.6 Å². The molecule has 0 spiro atoms. The third-order valence-electron chi connectivity index (χ3n) is 2.94. The van der Waals surface area contributed by atoms with Crippen molar-refractivity contribution in [3.8, 4) is 0 Å². The number of hydrogen-bond acceptors (Lipinski definition) is 2. The van der Waals surface area contributed by atoms with Gasteiger partial charge in [-0.3, -0.25) is 0 Å². The van der Waals surface area contributed by atoms with E-state index in [1.165, 1.54) is 43.4 Å². The fourth-order valence-corrected chi connectivity index (χ4v) is 2.88. The van der Waals surface area contributed by atoms with Gasteiger partial charge in [0.1, 0.15) is 0 Å². The third-order valence-corrected chi connectivity index (χ3v) is 3.87. The van der Waals surface area contributed by atoms with Gasteiger partial charge in [0.25, 0.3) is 0 Å². The first-order valence-electron chi connectivity index (χ1n) is 6.62. The summed E-state index contributed by atoms with van der Waals surface area (Å²) in [6, 6.07) is 5.15. The van der Waals surface area contributed by atoms with E-state index < -0.39 is 0 Å². The monoisotopic (exact) mass is 239 g/mol. The maximum atomic E-state index is 3.58. The molecule has 0 amide bonds. The van der Waals surface area contributed by atoms with Crippen molar-refractivity contribution in [3.63, 3.8) is 0 Å². The molecule has 0 fully saturated rings. The van der Waals surface area contributed by atoms with Crippen LogP contribution in [0.4, 0.5) is 0 Å². The Kier molecular flexibility index (Phi) is 7.52. The van der Waals surface area contributed by atoms with Gasteiger partial charge < -0.3 is 5.32 Å². The number of nitrogens with one attached hydrogen (secondary N) is 1. The molecule has 2 heteroatoms. The number of rotatable bonds is 9. The smallest absolute Gasteiger partial charge is 0.00668 e. The van der Waals surface area contributed by atoms with Crippen LogP contribution in [0.15, 0.2) is 17.5 Å². The van der Waals surface area contributed by atoms with Crippen molar-refractivity contribution in [3.05, 3.63) is 22.4 Å². The Hall–Kier alpha value is -0.340. The number of unbranched alkanes of at least 4 members (excludes halogenated alkanes) is 1. The molecule has 0 bridgehead atoms. The molecule has 1 heterocycles. The van der Waals surface area contributed by atoms with E-state index in [4.69, 9.17) is 0 Å². The summed E-state index contributed by atoms with van der Waals surface area (Å²) in [6.07, 6.45) is 7.92. The zero-order valence-electron chi connectivity index (χ0n) is 10.7. The maximum Gasteiger partial charge on any atom is 0.00668 e. The van der Waals surface area contributed by atoms with Crippen molar-refractivity contribution < 1.29 is 0 Å². The summed E-state index contributed by atoms with van der Waals surface area (Å²) in [6.45, 7) is 5.58. The Labute approximate surface area is 104 Å². The highest BCUT2D eigenvalue weighted by Gasteiger charge is 2.05. The van der Waals surface area contributed by atoms with Gasteiger partial charge in [0.2, 0.25) is 0 Å². The third kappa shape index (κ3) is 5.66. The van der Waals surface area contributed by atoms with Gasteiger partial charge in [-0.25, -0.2) is 0 Å². The van der Waals surface area contributed by atoms with Gasteiger partial charge in [0.15, 0.2) is 0 Å². The lowest BCUT2D eigenvalue weighted by molar-refractivity contribution is 0.442. The molecule has 1 unspecified atom stereocenters. The summed E-state index contributed by atoms with van der Waals surface area (Å²) in [4.78, 5) is 1.54. The van der Waals surface area contributed by atoms with Gasteiger partial charge in [0.05, 0.1) is 0 Å². The van der Waals surface area contributed by atoms with E-state index in [1.807, 2.05) is 11.3 Å². The van der Waals surface area contributed by atoms with E-state index in [0.29, 0.717) is 0 Å². The average molecular weight is 239 g/mol. The fourth-order valence-electron chi connectivity index (χ4n) is 2.13. The van der Waals surface area contributed by atoms with Crippen LogP contribution in [0.25, 0.3) is 0 Å². The zero-order chi connectivity index (χ0) is 11.6. The Bertz CT molecular complexity index is 237. The molecule has 0 aliphatic heterocycles. The second-order valence-electron chi connectivity index (χ2n) is 4.37. The molecule has 1 aromatic rings. The van der Waals surface area contributed by atoms with Gasteiger partial charge in [-0.2, -0.15) is 0 Å². The molecular weight excluding hydrogens is 214 g/mol. The van der Waals surface area contributed by atoms with Crippen LogP contribution in [0.1, 0.15) is 50.8 Å². The SMILES string of the molecule is CCCC(CCCCc1cccs1)NCC. The number of aryl methyl sites for hydroxylation is 1. The normalized spacial score (nSPS) is 12.9. The quantitative estimate of drug-likeness (QED) is 0.636. The van der Waals surface area contributed by atoms with E-state index in [0.717, 1.165) is 12.6 Å². The lowest BCUT2D eigenvalue weighted by atomic mass is 10.0. The summed E-state index contributed by atoms with van der Waals surface area (Å²) >= 11 is 1.89. The standard InChI is InChI=1S/C14H25NS/c1-3-8-13(15-4-2)9-5-6-10-14-11-7-12-16-14/h7,11-13,15H,3-6,8-10H2,1-2H3.